The maximum absolute atomic E-state index is 12.8. The fourth-order valence-electron chi connectivity index (χ4n) is 3.78. The summed E-state index contributed by atoms with van der Waals surface area (Å²) in [7, 11) is 0. The maximum atomic E-state index is 12.8. The van der Waals surface area contributed by atoms with Gasteiger partial charge in [-0.3, -0.25) is 10.2 Å². The second-order valence-corrected chi connectivity index (χ2v) is 7.56. The number of carbonyl (C=O) groups is 2. The number of nitrogens with one attached hydrogen (secondary N) is 5. The van der Waals surface area contributed by atoms with Gasteiger partial charge in [-0.1, -0.05) is 30.3 Å². The van der Waals surface area contributed by atoms with E-state index in [0.29, 0.717) is 24.5 Å². The van der Waals surface area contributed by atoms with E-state index in [0.717, 1.165) is 25.0 Å². The summed E-state index contributed by atoms with van der Waals surface area (Å²) in [6.45, 7) is 1.82. The zero-order valence-corrected chi connectivity index (χ0v) is 16.7. The Morgan fingerprint density at radius 3 is 2.43 bits per heavy atom. The molecule has 3 atom stereocenters. The Balaban J connectivity index is 1.28. The number of carbonyl (C=O) groups excluding carboxylic acids is 2. The number of benzene rings is 2. The quantitative estimate of drug-likeness (QED) is 0.504. The molecule has 3 unspecified atom stereocenters. The summed E-state index contributed by atoms with van der Waals surface area (Å²) in [6, 6.07) is 16.6. The van der Waals surface area contributed by atoms with E-state index in [2.05, 4.69) is 26.8 Å². The van der Waals surface area contributed by atoms with E-state index in [1.165, 1.54) is 0 Å². The third-order valence-electron chi connectivity index (χ3n) is 5.40. The van der Waals surface area contributed by atoms with Crippen molar-refractivity contribution in [1.29, 1.82) is 0 Å². The highest BCUT2D eigenvalue weighted by Crippen LogP contribution is 2.26. The van der Waals surface area contributed by atoms with Crippen molar-refractivity contribution in [3.63, 3.8) is 0 Å². The molecule has 2 aliphatic rings. The highest BCUT2D eigenvalue weighted by molar-refractivity contribution is 5.94. The molecule has 158 valence electrons. The van der Waals surface area contributed by atoms with Crippen molar-refractivity contribution in [1.82, 2.24) is 16.2 Å². The van der Waals surface area contributed by atoms with Crippen LogP contribution in [0.5, 0.6) is 0 Å². The molecule has 0 aliphatic carbocycles. The molecule has 2 fully saturated rings. The highest BCUT2D eigenvalue weighted by atomic mass is 16.5. The van der Waals surface area contributed by atoms with Gasteiger partial charge in [0.25, 0.3) is 0 Å². The first-order valence-corrected chi connectivity index (χ1v) is 10.3. The van der Waals surface area contributed by atoms with Gasteiger partial charge in [0.2, 0.25) is 5.91 Å². The largest absolute Gasteiger partial charge is 0.376 e. The molecule has 2 saturated heterocycles. The number of hydrazine groups is 1. The topological polar surface area (TPSA) is 104 Å². The summed E-state index contributed by atoms with van der Waals surface area (Å²) >= 11 is 0. The van der Waals surface area contributed by atoms with Crippen LogP contribution in [0.2, 0.25) is 0 Å². The molecule has 2 heterocycles. The third-order valence-corrected chi connectivity index (χ3v) is 5.40. The third kappa shape index (κ3) is 5.15. The summed E-state index contributed by atoms with van der Waals surface area (Å²) in [5.74, 6) is -0.287. The molecule has 5 N–H and O–H groups in total. The number of rotatable bonds is 6. The minimum atomic E-state index is -0.268. The lowest BCUT2D eigenvalue weighted by Gasteiger charge is -2.18. The van der Waals surface area contributed by atoms with Crippen molar-refractivity contribution in [2.24, 2.45) is 5.92 Å². The number of hydrogen-bond acceptors (Lipinski definition) is 5. The fraction of sp³-hybridized carbons (Fsp3) is 0.364. The fourth-order valence-corrected chi connectivity index (χ4v) is 3.78. The number of amides is 3. The number of urea groups is 1. The summed E-state index contributed by atoms with van der Waals surface area (Å²) in [5, 5.41) is 8.57. The van der Waals surface area contributed by atoms with Crippen LogP contribution in [-0.2, 0) is 9.53 Å². The Kier molecular flexibility index (Phi) is 6.58. The van der Waals surface area contributed by atoms with Crippen LogP contribution in [-0.4, -0.2) is 37.7 Å². The van der Waals surface area contributed by atoms with E-state index >= 15 is 0 Å². The van der Waals surface area contributed by atoms with Crippen molar-refractivity contribution < 1.29 is 14.3 Å². The van der Waals surface area contributed by atoms with Crippen molar-refractivity contribution in [2.45, 2.75) is 25.0 Å². The molecule has 0 spiro atoms. The van der Waals surface area contributed by atoms with E-state index in [-0.39, 0.29) is 30.0 Å². The molecule has 0 aromatic heterocycles. The first kappa shape index (κ1) is 20.3. The van der Waals surface area contributed by atoms with Gasteiger partial charge in [0, 0.05) is 31.1 Å². The smallest absolute Gasteiger partial charge is 0.319 e. The lowest BCUT2D eigenvalue weighted by atomic mass is 9.94. The van der Waals surface area contributed by atoms with Crippen LogP contribution in [0.25, 0.3) is 0 Å². The molecule has 4 rings (SSSR count). The minimum Gasteiger partial charge on any atom is -0.376 e. The molecule has 8 nitrogen and oxygen atoms in total. The normalized spacial score (nSPS) is 23.1. The van der Waals surface area contributed by atoms with Crippen molar-refractivity contribution >= 4 is 23.3 Å². The number of hydrogen-bond donors (Lipinski definition) is 5. The lowest BCUT2D eigenvalue weighted by molar-refractivity contribution is -0.119. The molecule has 30 heavy (non-hydrogen) atoms. The zero-order chi connectivity index (χ0) is 20.8. The second kappa shape index (κ2) is 9.71. The van der Waals surface area contributed by atoms with Gasteiger partial charge < -0.3 is 20.7 Å². The van der Waals surface area contributed by atoms with Crippen LogP contribution in [0.3, 0.4) is 0 Å². The maximum Gasteiger partial charge on any atom is 0.319 e. The second-order valence-electron chi connectivity index (χ2n) is 7.56. The summed E-state index contributed by atoms with van der Waals surface area (Å²) in [4.78, 5) is 24.8. The predicted octanol–water partition coefficient (Wildman–Crippen LogP) is 2.39. The molecule has 2 aliphatic heterocycles. The Morgan fingerprint density at radius 2 is 1.73 bits per heavy atom. The van der Waals surface area contributed by atoms with Crippen LogP contribution in [0.15, 0.2) is 54.6 Å². The summed E-state index contributed by atoms with van der Waals surface area (Å²) in [5.41, 5.74) is 8.66. The molecule has 2 aromatic rings. The first-order chi connectivity index (χ1) is 14.7. The molecule has 3 amide bonds. The van der Waals surface area contributed by atoms with Crippen LogP contribution in [0.4, 0.5) is 16.2 Å². The monoisotopic (exact) mass is 409 g/mol. The average Bonchev–Trinajstić information content (AvgIpc) is 3.46. The highest BCUT2D eigenvalue weighted by Gasteiger charge is 2.33. The standard InChI is InChI=1S/C22H27N5O3/c28-21(19-14-24-27-20(19)15-5-2-1-3-6-15)25-16-8-10-17(11-9-16)26-22(29)23-13-18-7-4-12-30-18/h1-3,5-6,8-11,18-20,24,27H,4,7,12-14H2,(H,25,28)(H2,23,26,29). The van der Waals surface area contributed by atoms with Gasteiger partial charge in [0.1, 0.15) is 0 Å². The van der Waals surface area contributed by atoms with Crippen LogP contribution >= 0.6 is 0 Å². The Hall–Kier alpha value is -2.94. The van der Waals surface area contributed by atoms with E-state index in [9.17, 15) is 9.59 Å². The van der Waals surface area contributed by atoms with Gasteiger partial charge in [-0.2, -0.15) is 0 Å². The molecule has 0 radical (unpaired) electrons. The predicted molar refractivity (Wildman–Crippen MR) is 115 cm³/mol. The Labute approximate surface area is 175 Å². The van der Waals surface area contributed by atoms with Gasteiger partial charge in [0.15, 0.2) is 0 Å². The van der Waals surface area contributed by atoms with Crippen molar-refractivity contribution in [2.75, 3.05) is 30.3 Å². The number of ether oxygens (including phenoxy) is 1. The van der Waals surface area contributed by atoms with Crippen LogP contribution in [0.1, 0.15) is 24.4 Å². The molecule has 2 aromatic carbocycles. The molecule has 0 bridgehead atoms. The van der Waals surface area contributed by atoms with Crippen LogP contribution < -0.4 is 26.8 Å². The average molecular weight is 409 g/mol. The van der Waals surface area contributed by atoms with Gasteiger partial charge in [-0.05, 0) is 42.7 Å². The Morgan fingerprint density at radius 1 is 1.00 bits per heavy atom. The van der Waals surface area contributed by atoms with Gasteiger partial charge in [0.05, 0.1) is 18.1 Å². The Bertz CT molecular complexity index is 853. The summed E-state index contributed by atoms with van der Waals surface area (Å²) < 4.78 is 5.49. The zero-order valence-electron chi connectivity index (χ0n) is 16.7. The van der Waals surface area contributed by atoms with Gasteiger partial charge in [-0.15, -0.1) is 0 Å². The van der Waals surface area contributed by atoms with E-state index in [1.54, 1.807) is 24.3 Å². The van der Waals surface area contributed by atoms with Crippen molar-refractivity contribution in [3.05, 3.63) is 60.2 Å². The first-order valence-electron chi connectivity index (χ1n) is 10.3. The number of anilines is 2. The molecule has 0 saturated carbocycles. The van der Waals surface area contributed by atoms with Crippen molar-refractivity contribution in [3.8, 4) is 0 Å². The van der Waals surface area contributed by atoms with E-state index in [1.807, 2.05) is 30.3 Å². The van der Waals surface area contributed by atoms with E-state index < -0.39 is 0 Å². The molecular weight excluding hydrogens is 382 g/mol. The van der Waals surface area contributed by atoms with Gasteiger partial charge >= 0.3 is 6.03 Å². The summed E-state index contributed by atoms with van der Waals surface area (Å²) in [6.07, 6.45) is 2.12. The molecular formula is C22H27N5O3. The van der Waals surface area contributed by atoms with Crippen LogP contribution in [0, 0.1) is 5.92 Å². The van der Waals surface area contributed by atoms with Gasteiger partial charge in [-0.25, -0.2) is 10.2 Å². The minimum absolute atomic E-state index is 0.0589. The van der Waals surface area contributed by atoms with E-state index in [4.69, 9.17) is 4.74 Å². The lowest BCUT2D eigenvalue weighted by Crippen LogP contribution is -2.35. The SMILES string of the molecule is O=C(NCC1CCCO1)Nc1ccc(NC(=O)C2CNNC2c2ccccc2)cc1. The molecule has 8 heteroatoms.